The number of rotatable bonds is 12. The third-order valence-corrected chi connectivity index (χ3v) is 4.80. The van der Waals surface area contributed by atoms with E-state index < -0.39 is 11.7 Å². The molecular weight excluding hydrogens is 408 g/mol. The number of carbonyl (C=O) groups excluding carboxylic acids is 3. The lowest BCUT2D eigenvalue weighted by atomic mass is 9.94. The SMILES string of the molecule is CC(C)C[C@H](CCNC(=O)[C@H](C)CCNC(=O)OC(C)(C)C)C(=O)OCc1ccccc1. The van der Waals surface area contributed by atoms with Gasteiger partial charge in [-0.2, -0.15) is 0 Å². The summed E-state index contributed by atoms with van der Waals surface area (Å²) in [5.41, 5.74) is 0.397. The topological polar surface area (TPSA) is 93.7 Å². The molecule has 1 aromatic rings. The highest BCUT2D eigenvalue weighted by atomic mass is 16.6. The van der Waals surface area contributed by atoms with Gasteiger partial charge in [0.1, 0.15) is 12.2 Å². The molecule has 0 aromatic heterocycles. The standard InChI is InChI=1S/C25H40N2O5/c1-18(2)16-21(23(29)31-17-20-10-8-7-9-11-20)13-15-26-22(28)19(3)12-14-27-24(30)32-25(4,5)6/h7-11,18-19,21H,12-17H2,1-6H3,(H,26,28)(H,27,30)/t19-,21+/m1/s1. The molecule has 0 aliphatic rings. The number of ether oxygens (including phenoxy) is 2. The van der Waals surface area contributed by atoms with Crippen LogP contribution in [0.2, 0.25) is 0 Å². The van der Waals surface area contributed by atoms with Gasteiger partial charge >= 0.3 is 12.1 Å². The van der Waals surface area contributed by atoms with E-state index in [1.165, 1.54) is 0 Å². The van der Waals surface area contributed by atoms with E-state index in [9.17, 15) is 14.4 Å². The molecule has 7 heteroatoms. The number of hydrogen-bond donors (Lipinski definition) is 2. The number of carbonyl (C=O) groups is 3. The molecule has 0 fully saturated rings. The zero-order valence-electron chi connectivity index (χ0n) is 20.4. The normalized spacial score (nSPS) is 13.2. The second-order valence-electron chi connectivity index (χ2n) is 9.62. The Morgan fingerprint density at radius 3 is 2.16 bits per heavy atom. The first-order chi connectivity index (χ1) is 15.0. The van der Waals surface area contributed by atoms with Crippen LogP contribution < -0.4 is 10.6 Å². The van der Waals surface area contributed by atoms with Crippen LogP contribution in [0.3, 0.4) is 0 Å². The highest BCUT2D eigenvalue weighted by molar-refractivity contribution is 5.78. The summed E-state index contributed by atoms with van der Waals surface area (Å²) >= 11 is 0. The maximum atomic E-state index is 12.6. The number of nitrogens with one attached hydrogen (secondary N) is 2. The molecule has 0 bridgehead atoms. The van der Waals surface area contributed by atoms with Gasteiger partial charge < -0.3 is 20.1 Å². The highest BCUT2D eigenvalue weighted by Gasteiger charge is 2.22. The van der Waals surface area contributed by atoms with E-state index in [0.717, 1.165) is 5.56 Å². The van der Waals surface area contributed by atoms with Crippen molar-refractivity contribution in [1.82, 2.24) is 10.6 Å². The minimum absolute atomic E-state index is 0.100. The fraction of sp³-hybridized carbons (Fsp3) is 0.640. The van der Waals surface area contributed by atoms with Crippen molar-refractivity contribution >= 4 is 18.0 Å². The van der Waals surface area contributed by atoms with E-state index in [-0.39, 0.29) is 30.3 Å². The van der Waals surface area contributed by atoms with Crippen molar-refractivity contribution in [2.75, 3.05) is 13.1 Å². The second-order valence-corrected chi connectivity index (χ2v) is 9.62. The van der Waals surface area contributed by atoms with Gasteiger partial charge in [-0.1, -0.05) is 51.1 Å². The van der Waals surface area contributed by atoms with E-state index >= 15 is 0 Å². The number of alkyl carbamates (subject to hydrolysis) is 1. The summed E-state index contributed by atoms with van der Waals surface area (Å²) in [5.74, 6) is -0.511. The largest absolute Gasteiger partial charge is 0.461 e. The Kier molecular flexibility index (Phi) is 11.8. The maximum Gasteiger partial charge on any atom is 0.407 e. The summed E-state index contributed by atoms with van der Waals surface area (Å²) in [6, 6.07) is 9.58. The Balaban J connectivity index is 2.38. The van der Waals surface area contributed by atoms with E-state index in [0.29, 0.717) is 38.3 Å². The average Bonchev–Trinajstić information content (AvgIpc) is 2.70. The molecule has 1 aromatic carbocycles. The van der Waals surface area contributed by atoms with Crippen LogP contribution in [-0.4, -0.2) is 36.7 Å². The van der Waals surface area contributed by atoms with Crippen molar-refractivity contribution in [3.63, 3.8) is 0 Å². The van der Waals surface area contributed by atoms with Crippen molar-refractivity contribution in [1.29, 1.82) is 0 Å². The lowest BCUT2D eigenvalue weighted by Gasteiger charge is -2.20. The van der Waals surface area contributed by atoms with Crippen LogP contribution in [0.25, 0.3) is 0 Å². The minimum atomic E-state index is -0.554. The van der Waals surface area contributed by atoms with Gasteiger partial charge in [-0.3, -0.25) is 9.59 Å². The van der Waals surface area contributed by atoms with Gasteiger partial charge in [0.25, 0.3) is 0 Å². The Morgan fingerprint density at radius 1 is 0.938 bits per heavy atom. The van der Waals surface area contributed by atoms with Gasteiger partial charge in [0.2, 0.25) is 5.91 Å². The molecule has 7 nitrogen and oxygen atoms in total. The quantitative estimate of drug-likeness (QED) is 0.461. The first kappa shape index (κ1) is 27.5. The molecule has 0 spiro atoms. The monoisotopic (exact) mass is 448 g/mol. The Labute approximate surface area is 192 Å². The molecule has 2 N–H and O–H groups in total. The number of benzene rings is 1. The number of hydrogen-bond acceptors (Lipinski definition) is 5. The van der Waals surface area contributed by atoms with Crippen molar-refractivity contribution in [2.45, 2.75) is 73.0 Å². The zero-order valence-corrected chi connectivity index (χ0v) is 20.4. The predicted molar refractivity (Wildman–Crippen MR) is 125 cm³/mol. The fourth-order valence-electron chi connectivity index (χ4n) is 3.13. The minimum Gasteiger partial charge on any atom is -0.461 e. The van der Waals surface area contributed by atoms with E-state index in [1.54, 1.807) is 20.8 Å². The van der Waals surface area contributed by atoms with Gasteiger partial charge in [-0.15, -0.1) is 0 Å². The predicted octanol–water partition coefficient (Wildman–Crippen LogP) is 4.45. The Hall–Kier alpha value is -2.57. The first-order valence-electron chi connectivity index (χ1n) is 11.4. The van der Waals surface area contributed by atoms with Gasteiger partial charge in [-0.05, 0) is 51.5 Å². The average molecular weight is 449 g/mol. The molecule has 0 saturated heterocycles. The van der Waals surface area contributed by atoms with Gasteiger partial charge in [0, 0.05) is 19.0 Å². The van der Waals surface area contributed by atoms with Crippen molar-refractivity contribution in [3.8, 4) is 0 Å². The van der Waals surface area contributed by atoms with E-state index in [2.05, 4.69) is 24.5 Å². The molecule has 32 heavy (non-hydrogen) atoms. The Bertz CT molecular complexity index is 713. The van der Waals surface area contributed by atoms with Crippen molar-refractivity contribution in [3.05, 3.63) is 35.9 Å². The lowest BCUT2D eigenvalue weighted by molar-refractivity contribution is -0.151. The van der Waals surface area contributed by atoms with Gasteiger partial charge in [-0.25, -0.2) is 4.79 Å². The molecule has 2 amide bonds. The number of esters is 1. The first-order valence-corrected chi connectivity index (χ1v) is 11.4. The molecule has 0 radical (unpaired) electrons. The molecule has 0 aliphatic heterocycles. The van der Waals surface area contributed by atoms with Crippen LogP contribution >= 0.6 is 0 Å². The van der Waals surface area contributed by atoms with E-state index in [1.807, 2.05) is 37.3 Å². The molecule has 1 rings (SSSR count). The zero-order chi connectivity index (χ0) is 24.1. The summed E-state index contributed by atoms with van der Waals surface area (Å²) in [7, 11) is 0. The van der Waals surface area contributed by atoms with Crippen LogP contribution in [0.4, 0.5) is 4.79 Å². The Morgan fingerprint density at radius 2 is 1.56 bits per heavy atom. The van der Waals surface area contributed by atoms with E-state index in [4.69, 9.17) is 9.47 Å². The molecular formula is C25H40N2O5. The van der Waals surface area contributed by atoms with Gasteiger partial charge in [0.05, 0.1) is 5.92 Å². The summed E-state index contributed by atoms with van der Waals surface area (Å²) in [6.07, 6.45) is 1.24. The van der Waals surface area contributed by atoms with Crippen LogP contribution in [0.1, 0.15) is 66.4 Å². The third-order valence-electron chi connectivity index (χ3n) is 4.80. The fourth-order valence-corrected chi connectivity index (χ4v) is 3.13. The lowest BCUT2D eigenvalue weighted by Crippen LogP contribution is -2.36. The van der Waals surface area contributed by atoms with Crippen molar-refractivity contribution in [2.24, 2.45) is 17.8 Å². The van der Waals surface area contributed by atoms with Crippen LogP contribution in [0.15, 0.2) is 30.3 Å². The summed E-state index contributed by atoms with van der Waals surface area (Å²) in [4.78, 5) is 36.6. The molecule has 0 unspecified atom stereocenters. The van der Waals surface area contributed by atoms with Crippen LogP contribution in [-0.2, 0) is 25.7 Å². The van der Waals surface area contributed by atoms with Crippen molar-refractivity contribution < 1.29 is 23.9 Å². The highest BCUT2D eigenvalue weighted by Crippen LogP contribution is 2.18. The summed E-state index contributed by atoms with van der Waals surface area (Å²) < 4.78 is 10.7. The molecule has 2 atom stereocenters. The van der Waals surface area contributed by atoms with Crippen LogP contribution in [0.5, 0.6) is 0 Å². The van der Waals surface area contributed by atoms with Gasteiger partial charge in [0.15, 0.2) is 0 Å². The molecule has 0 aliphatic carbocycles. The smallest absolute Gasteiger partial charge is 0.407 e. The third kappa shape index (κ3) is 12.3. The summed E-state index contributed by atoms with van der Waals surface area (Å²) in [6.45, 7) is 12.3. The molecule has 0 heterocycles. The number of amides is 2. The molecule has 0 saturated carbocycles. The van der Waals surface area contributed by atoms with Crippen LogP contribution in [0, 0.1) is 17.8 Å². The summed E-state index contributed by atoms with van der Waals surface area (Å²) in [5, 5.41) is 5.56. The molecule has 180 valence electrons. The second kappa shape index (κ2) is 13.8. The maximum absolute atomic E-state index is 12.6.